The van der Waals surface area contributed by atoms with Gasteiger partial charge in [0.25, 0.3) is 0 Å². The largest absolute Gasteiger partial charge is 0.393 e. The van der Waals surface area contributed by atoms with Gasteiger partial charge in [-0.1, -0.05) is 12.8 Å². The third-order valence-corrected chi connectivity index (χ3v) is 6.76. The topological polar surface area (TPSA) is 23.5 Å². The van der Waals surface area contributed by atoms with Crippen LogP contribution in [0.4, 0.5) is 0 Å². The molecule has 4 fully saturated rings. The van der Waals surface area contributed by atoms with E-state index in [9.17, 15) is 5.11 Å². The van der Waals surface area contributed by atoms with Crippen molar-refractivity contribution in [3.05, 3.63) is 0 Å². The van der Waals surface area contributed by atoms with Gasteiger partial charge < -0.3 is 5.11 Å². The van der Waals surface area contributed by atoms with Crippen LogP contribution in [-0.4, -0.2) is 35.2 Å². The molecule has 0 amide bonds. The molecule has 4 aliphatic rings. The van der Waals surface area contributed by atoms with Crippen LogP contribution in [0.2, 0.25) is 0 Å². The van der Waals surface area contributed by atoms with E-state index in [0.717, 1.165) is 24.7 Å². The maximum atomic E-state index is 10.1. The number of aliphatic hydroxyl groups is 1. The van der Waals surface area contributed by atoms with Gasteiger partial charge in [-0.15, -0.1) is 0 Å². The molecule has 0 aromatic carbocycles. The second kappa shape index (κ2) is 4.73. The van der Waals surface area contributed by atoms with E-state index in [1.54, 1.807) is 0 Å². The number of nitrogens with zero attached hydrogens (tertiary/aromatic N) is 1. The lowest BCUT2D eigenvalue weighted by Gasteiger charge is -2.48. The Bertz CT molecular complexity index is 332. The van der Waals surface area contributed by atoms with Crippen molar-refractivity contribution in [2.45, 2.75) is 76.4 Å². The van der Waals surface area contributed by atoms with E-state index in [2.05, 4.69) is 4.90 Å². The number of hydrogen-bond donors (Lipinski definition) is 1. The first kappa shape index (κ1) is 12.6. The van der Waals surface area contributed by atoms with Crippen molar-refractivity contribution >= 4 is 0 Å². The first-order valence-electron chi connectivity index (χ1n) is 8.69. The van der Waals surface area contributed by atoms with Crippen LogP contribution in [0.15, 0.2) is 0 Å². The molecular formula is C17H29NO. The Morgan fingerprint density at radius 2 is 1.68 bits per heavy atom. The second-order valence-electron chi connectivity index (χ2n) is 7.89. The minimum atomic E-state index is -0.0174. The molecule has 1 heterocycles. The van der Waals surface area contributed by atoms with Crippen LogP contribution in [-0.2, 0) is 0 Å². The van der Waals surface area contributed by atoms with Crippen molar-refractivity contribution in [3.8, 4) is 0 Å². The smallest absolute Gasteiger partial charge is 0.0555 e. The zero-order valence-corrected chi connectivity index (χ0v) is 12.2. The molecule has 0 aromatic rings. The van der Waals surface area contributed by atoms with Crippen LogP contribution < -0.4 is 0 Å². The summed E-state index contributed by atoms with van der Waals surface area (Å²) in [6.45, 7) is 2.67. The van der Waals surface area contributed by atoms with E-state index >= 15 is 0 Å². The fourth-order valence-corrected chi connectivity index (χ4v) is 5.50. The number of aliphatic hydroxyl groups excluding tert-OH is 1. The average molecular weight is 263 g/mol. The van der Waals surface area contributed by atoms with Gasteiger partial charge in [0.15, 0.2) is 0 Å². The third-order valence-electron chi connectivity index (χ3n) is 6.76. The lowest BCUT2D eigenvalue weighted by atomic mass is 9.67. The summed E-state index contributed by atoms with van der Waals surface area (Å²) in [6.07, 6.45) is 13.6. The van der Waals surface area contributed by atoms with E-state index in [-0.39, 0.29) is 6.10 Å². The molecular weight excluding hydrogens is 234 g/mol. The summed E-state index contributed by atoms with van der Waals surface area (Å²) >= 11 is 0. The van der Waals surface area contributed by atoms with Crippen LogP contribution in [0.25, 0.3) is 0 Å². The molecule has 3 aliphatic carbocycles. The molecule has 4 rings (SSSR count). The van der Waals surface area contributed by atoms with Gasteiger partial charge in [0.2, 0.25) is 0 Å². The molecule has 0 radical (unpaired) electrons. The van der Waals surface area contributed by atoms with Gasteiger partial charge in [0.05, 0.1) is 6.10 Å². The molecule has 1 N–H and O–H groups in total. The van der Waals surface area contributed by atoms with Crippen molar-refractivity contribution in [3.63, 3.8) is 0 Å². The fraction of sp³-hybridized carbons (Fsp3) is 1.00. The van der Waals surface area contributed by atoms with E-state index in [1.165, 1.54) is 64.5 Å². The molecule has 3 saturated carbocycles. The average Bonchev–Trinajstić information content (AvgIpc) is 2.98. The van der Waals surface area contributed by atoms with Gasteiger partial charge in [-0.2, -0.15) is 0 Å². The van der Waals surface area contributed by atoms with Gasteiger partial charge in [-0.05, 0) is 75.2 Å². The molecule has 1 spiro atoms. The summed E-state index contributed by atoms with van der Waals surface area (Å²) in [5, 5.41) is 10.1. The zero-order chi connectivity index (χ0) is 12.9. The van der Waals surface area contributed by atoms with Crippen LogP contribution in [0.1, 0.15) is 64.2 Å². The highest BCUT2D eigenvalue weighted by Gasteiger charge is 2.49. The SMILES string of the molecule is OC1CCC2(CCCC2)C(N2CCC(C3CC3)C2)C1. The second-order valence-corrected chi connectivity index (χ2v) is 7.89. The summed E-state index contributed by atoms with van der Waals surface area (Å²) < 4.78 is 0. The molecule has 1 saturated heterocycles. The Hall–Kier alpha value is -0.0800. The van der Waals surface area contributed by atoms with Crippen LogP contribution in [0.3, 0.4) is 0 Å². The zero-order valence-electron chi connectivity index (χ0n) is 12.2. The van der Waals surface area contributed by atoms with Crippen LogP contribution in [0.5, 0.6) is 0 Å². The maximum Gasteiger partial charge on any atom is 0.0555 e. The summed E-state index contributed by atoms with van der Waals surface area (Å²) in [7, 11) is 0. The molecule has 3 unspecified atom stereocenters. The predicted octanol–water partition coefficient (Wildman–Crippen LogP) is 3.19. The van der Waals surface area contributed by atoms with Gasteiger partial charge in [0.1, 0.15) is 0 Å². The summed E-state index contributed by atoms with van der Waals surface area (Å²) in [4.78, 5) is 2.80. The minimum Gasteiger partial charge on any atom is -0.393 e. The van der Waals surface area contributed by atoms with Crippen molar-refractivity contribution in [1.29, 1.82) is 0 Å². The Labute approximate surface area is 117 Å². The Morgan fingerprint density at radius 1 is 0.895 bits per heavy atom. The number of likely N-dealkylation sites (tertiary alicyclic amines) is 1. The third kappa shape index (κ3) is 2.25. The quantitative estimate of drug-likeness (QED) is 0.827. The maximum absolute atomic E-state index is 10.1. The molecule has 3 atom stereocenters. The Balaban J connectivity index is 1.49. The Morgan fingerprint density at radius 3 is 2.42 bits per heavy atom. The summed E-state index contributed by atoms with van der Waals surface area (Å²) in [6, 6.07) is 0.711. The van der Waals surface area contributed by atoms with Gasteiger partial charge in [-0.25, -0.2) is 0 Å². The van der Waals surface area contributed by atoms with Crippen molar-refractivity contribution in [2.24, 2.45) is 17.3 Å². The lowest BCUT2D eigenvalue weighted by Crippen LogP contribution is -2.50. The molecule has 1 aliphatic heterocycles. The van der Waals surface area contributed by atoms with E-state index in [1.807, 2.05) is 0 Å². The van der Waals surface area contributed by atoms with Gasteiger partial charge in [0, 0.05) is 12.6 Å². The first-order chi connectivity index (χ1) is 9.27. The standard InChI is InChI=1S/C17H29NO/c19-15-5-9-17(7-1-2-8-17)16(11-15)18-10-6-14(12-18)13-3-4-13/h13-16,19H,1-12H2. The molecule has 0 aromatic heterocycles. The highest BCUT2D eigenvalue weighted by Crippen LogP contribution is 2.52. The normalized spacial score (nSPS) is 43.1. The molecule has 108 valence electrons. The van der Waals surface area contributed by atoms with E-state index < -0.39 is 0 Å². The van der Waals surface area contributed by atoms with E-state index in [0.29, 0.717) is 11.5 Å². The predicted molar refractivity (Wildman–Crippen MR) is 77.0 cm³/mol. The summed E-state index contributed by atoms with van der Waals surface area (Å²) in [5.41, 5.74) is 0.595. The molecule has 0 bridgehead atoms. The molecule has 2 nitrogen and oxygen atoms in total. The van der Waals surface area contributed by atoms with E-state index in [4.69, 9.17) is 0 Å². The van der Waals surface area contributed by atoms with Crippen molar-refractivity contribution in [1.82, 2.24) is 4.90 Å². The fourth-order valence-electron chi connectivity index (χ4n) is 5.50. The van der Waals surface area contributed by atoms with Crippen LogP contribution in [0, 0.1) is 17.3 Å². The number of hydrogen-bond acceptors (Lipinski definition) is 2. The van der Waals surface area contributed by atoms with Crippen molar-refractivity contribution in [2.75, 3.05) is 13.1 Å². The Kier molecular flexibility index (Phi) is 3.15. The first-order valence-corrected chi connectivity index (χ1v) is 8.69. The molecule has 19 heavy (non-hydrogen) atoms. The summed E-state index contributed by atoms with van der Waals surface area (Å²) in [5.74, 6) is 2.07. The monoisotopic (exact) mass is 263 g/mol. The highest BCUT2D eigenvalue weighted by atomic mass is 16.3. The van der Waals surface area contributed by atoms with Gasteiger partial charge >= 0.3 is 0 Å². The minimum absolute atomic E-state index is 0.0174. The van der Waals surface area contributed by atoms with Gasteiger partial charge in [-0.3, -0.25) is 4.90 Å². The lowest BCUT2D eigenvalue weighted by molar-refractivity contribution is -0.0193. The van der Waals surface area contributed by atoms with Crippen molar-refractivity contribution < 1.29 is 5.11 Å². The number of rotatable bonds is 2. The van der Waals surface area contributed by atoms with Crippen LogP contribution >= 0.6 is 0 Å². The molecule has 2 heteroatoms. The highest BCUT2D eigenvalue weighted by molar-refractivity contribution is 5.02.